The SMILES string of the molecule is Cc1nc2c(C(=O)NC3CCCCC3)cc(NC(=O)c3ccccc3C(F)(F)F)cc2[nH]1.Cl. The molecule has 1 aliphatic carbocycles. The minimum atomic E-state index is -4.66. The average Bonchev–Trinajstić information content (AvgIpc) is 3.13. The van der Waals surface area contributed by atoms with E-state index in [0.717, 1.165) is 44.2 Å². The van der Waals surface area contributed by atoms with Gasteiger partial charge in [0.15, 0.2) is 0 Å². The fourth-order valence-electron chi connectivity index (χ4n) is 4.12. The van der Waals surface area contributed by atoms with E-state index in [1.807, 2.05) is 0 Å². The van der Waals surface area contributed by atoms with Crippen LogP contribution in [-0.2, 0) is 6.18 Å². The summed E-state index contributed by atoms with van der Waals surface area (Å²) in [7, 11) is 0. The molecule has 176 valence electrons. The molecule has 0 radical (unpaired) electrons. The Kier molecular flexibility index (Phi) is 7.31. The van der Waals surface area contributed by atoms with Crippen LogP contribution in [0.2, 0.25) is 0 Å². The summed E-state index contributed by atoms with van der Waals surface area (Å²) in [4.78, 5) is 33.1. The summed E-state index contributed by atoms with van der Waals surface area (Å²) < 4.78 is 39.9. The number of nitrogens with one attached hydrogen (secondary N) is 3. The molecule has 33 heavy (non-hydrogen) atoms. The summed E-state index contributed by atoms with van der Waals surface area (Å²) in [5, 5.41) is 5.53. The molecule has 1 aromatic heterocycles. The maximum absolute atomic E-state index is 13.3. The second-order valence-electron chi connectivity index (χ2n) is 8.05. The van der Waals surface area contributed by atoms with Gasteiger partial charge in [-0.15, -0.1) is 12.4 Å². The second kappa shape index (κ2) is 9.82. The molecule has 3 N–H and O–H groups in total. The number of hydrogen-bond acceptors (Lipinski definition) is 3. The zero-order valence-corrected chi connectivity index (χ0v) is 18.7. The van der Waals surface area contributed by atoms with E-state index >= 15 is 0 Å². The summed E-state index contributed by atoms with van der Waals surface area (Å²) in [6, 6.07) is 7.66. The molecule has 3 aromatic rings. The van der Waals surface area contributed by atoms with E-state index in [0.29, 0.717) is 16.9 Å². The summed E-state index contributed by atoms with van der Waals surface area (Å²) in [5.74, 6) is -0.648. The third-order valence-electron chi connectivity index (χ3n) is 5.62. The number of benzene rings is 2. The lowest BCUT2D eigenvalue weighted by atomic mass is 9.95. The topological polar surface area (TPSA) is 86.9 Å². The van der Waals surface area contributed by atoms with Crippen molar-refractivity contribution < 1.29 is 22.8 Å². The number of rotatable bonds is 4. The van der Waals surface area contributed by atoms with Crippen molar-refractivity contribution in [3.05, 3.63) is 58.9 Å². The van der Waals surface area contributed by atoms with Crippen molar-refractivity contribution in [1.82, 2.24) is 15.3 Å². The van der Waals surface area contributed by atoms with Crippen LogP contribution >= 0.6 is 12.4 Å². The first-order chi connectivity index (χ1) is 15.2. The van der Waals surface area contributed by atoms with Gasteiger partial charge in [-0.2, -0.15) is 13.2 Å². The highest BCUT2D eigenvalue weighted by atomic mass is 35.5. The Balaban J connectivity index is 0.00000306. The predicted molar refractivity (Wildman–Crippen MR) is 122 cm³/mol. The standard InChI is InChI=1S/C23H23F3N4O2.ClH/c1-13-27-19-12-15(30-21(31)16-9-5-6-10-18(16)23(24,25)26)11-17(20(19)28-13)22(32)29-14-7-3-2-4-8-14;/h5-6,9-12,14H,2-4,7-8H2,1H3,(H,27,28)(H,29,32)(H,30,31);1H. The maximum atomic E-state index is 13.3. The molecule has 0 aliphatic heterocycles. The zero-order valence-electron chi connectivity index (χ0n) is 17.9. The summed E-state index contributed by atoms with van der Waals surface area (Å²) in [5.41, 5.74) is -0.0863. The number of carbonyl (C=O) groups excluding carboxylic acids is 2. The molecule has 1 fully saturated rings. The molecule has 1 heterocycles. The Bertz CT molecular complexity index is 1170. The van der Waals surface area contributed by atoms with E-state index in [2.05, 4.69) is 20.6 Å². The summed E-state index contributed by atoms with van der Waals surface area (Å²) in [6.07, 6.45) is 0.394. The van der Waals surface area contributed by atoms with Crippen LogP contribution in [0.15, 0.2) is 36.4 Å². The Labute approximate surface area is 194 Å². The van der Waals surface area contributed by atoms with Crippen molar-refractivity contribution in [3.8, 4) is 0 Å². The highest BCUT2D eigenvalue weighted by Crippen LogP contribution is 2.32. The van der Waals surface area contributed by atoms with Crippen LogP contribution in [0.5, 0.6) is 0 Å². The Morgan fingerprint density at radius 1 is 1.03 bits per heavy atom. The van der Waals surface area contributed by atoms with Crippen molar-refractivity contribution in [2.75, 3.05) is 5.32 Å². The Morgan fingerprint density at radius 3 is 2.42 bits per heavy atom. The zero-order chi connectivity index (χ0) is 22.9. The normalized spacial score (nSPS) is 14.5. The van der Waals surface area contributed by atoms with Crippen molar-refractivity contribution >= 4 is 40.9 Å². The molecule has 0 saturated heterocycles. The molecule has 4 rings (SSSR count). The van der Waals surface area contributed by atoms with Gasteiger partial charge in [-0.3, -0.25) is 9.59 Å². The van der Waals surface area contributed by atoms with Crippen LogP contribution in [0.3, 0.4) is 0 Å². The van der Waals surface area contributed by atoms with Crippen LogP contribution in [0.25, 0.3) is 11.0 Å². The summed E-state index contributed by atoms with van der Waals surface area (Å²) in [6.45, 7) is 1.74. The number of fused-ring (bicyclic) bond motifs is 1. The van der Waals surface area contributed by atoms with Crippen molar-refractivity contribution in [3.63, 3.8) is 0 Å². The third kappa shape index (κ3) is 5.47. The molecule has 1 saturated carbocycles. The van der Waals surface area contributed by atoms with E-state index in [4.69, 9.17) is 0 Å². The van der Waals surface area contributed by atoms with E-state index in [-0.39, 0.29) is 35.6 Å². The molecule has 0 spiro atoms. The molecule has 2 aromatic carbocycles. The van der Waals surface area contributed by atoms with Gasteiger partial charge >= 0.3 is 6.18 Å². The van der Waals surface area contributed by atoms with Gasteiger partial charge in [0.25, 0.3) is 11.8 Å². The second-order valence-corrected chi connectivity index (χ2v) is 8.05. The number of nitrogens with zero attached hydrogens (tertiary/aromatic N) is 1. The fourth-order valence-corrected chi connectivity index (χ4v) is 4.12. The van der Waals surface area contributed by atoms with Gasteiger partial charge in [-0.25, -0.2) is 4.98 Å². The van der Waals surface area contributed by atoms with Crippen LogP contribution in [0.4, 0.5) is 18.9 Å². The van der Waals surface area contributed by atoms with Gasteiger partial charge in [0, 0.05) is 11.7 Å². The number of amides is 2. The van der Waals surface area contributed by atoms with E-state index in [1.165, 1.54) is 18.2 Å². The number of halogens is 4. The van der Waals surface area contributed by atoms with Gasteiger partial charge in [0.2, 0.25) is 0 Å². The quantitative estimate of drug-likeness (QED) is 0.452. The smallest absolute Gasteiger partial charge is 0.349 e. The van der Waals surface area contributed by atoms with E-state index in [9.17, 15) is 22.8 Å². The number of anilines is 1. The average molecular weight is 481 g/mol. The molecule has 6 nitrogen and oxygen atoms in total. The minimum Gasteiger partial charge on any atom is -0.349 e. The number of imidazole rings is 1. The van der Waals surface area contributed by atoms with Crippen LogP contribution in [-0.4, -0.2) is 27.8 Å². The highest BCUT2D eigenvalue weighted by Gasteiger charge is 2.35. The number of hydrogen-bond donors (Lipinski definition) is 3. The lowest BCUT2D eigenvalue weighted by Crippen LogP contribution is -2.36. The monoisotopic (exact) mass is 480 g/mol. The van der Waals surface area contributed by atoms with Crippen molar-refractivity contribution in [1.29, 1.82) is 0 Å². The largest absolute Gasteiger partial charge is 0.417 e. The fraction of sp³-hybridized carbons (Fsp3) is 0.348. The van der Waals surface area contributed by atoms with Crippen LogP contribution < -0.4 is 10.6 Å². The molecule has 0 atom stereocenters. The molecular weight excluding hydrogens is 457 g/mol. The number of aryl methyl sites for hydroxylation is 1. The van der Waals surface area contributed by atoms with Gasteiger partial charge < -0.3 is 15.6 Å². The third-order valence-corrected chi connectivity index (χ3v) is 5.62. The Morgan fingerprint density at radius 2 is 1.73 bits per heavy atom. The number of aromatic amines is 1. The molecule has 2 amide bonds. The molecular formula is C23H24ClF3N4O2. The van der Waals surface area contributed by atoms with Crippen LogP contribution in [0, 0.1) is 6.92 Å². The number of aromatic nitrogens is 2. The highest BCUT2D eigenvalue weighted by molar-refractivity contribution is 6.10. The van der Waals surface area contributed by atoms with Gasteiger partial charge in [0.1, 0.15) is 11.3 Å². The van der Waals surface area contributed by atoms with Crippen LogP contribution in [0.1, 0.15) is 64.2 Å². The molecule has 10 heteroatoms. The molecule has 1 aliphatic rings. The van der Waals surface area contributed by atoms with Gasteiger partial charge in [-0.05, 0) is 44.0 Å². The van der Waals surface area contributed by atoms with Gasteiger partial charge in [0.05, 0.1) is 22.2 Å². The first kappa shape index (κ1) is 24.6. The minimum absolute atomic E-state index is 0. The number of H-pyrrole nitrogens is 1. The summed E-state index contributed by atoms with van der Waals surface area (Å²) >= 11 is 0. The van der Waals surface area contributed by atoms with Gasteiger partial charge in [-0.1, -0.05) is 31.4 Å². The Hall–Kier alpha value is -3.07. The first-order valence-electron chi connectivity index (χ1n) is 10.5. The molecule has 0 unspecified atom stereocenters. The van der Waals surface area contributed by atoms with Crippen molar-refractivity contribution in [2.24, 2.45) is 0 Å². The van der Waals surface area contributed by atoms with E-state index < -0.39 is 23.2 Å². The lowest BCUT2D eigenvalue weighted by Gasteiger charge is -2.23. The first-order valence-corrected chi connectivity index (χ1v) is 10.5. The van der Waals surface area contributed by atoms with Crippen molar-refractivity contribution in [2.45, 2.75) is 51.2 Å². The number of carbonyl (C=O) groups is 2. The van der Waals surface area contributed by atoms with E-state index in [1.54, 1.807) is 13.0 Å². The molecule has 0 bridgehead atoms. The lowest BCUT2D eigenvalue weighted by molar-refractivity contribution is -0.137. The number of alkyl halides is 3. The predicted octanol–water partition coefficient (Wildman–Crippen LogP) is 5.63. The maximum Gasteiger partial charge on any atom is 0.417 e.